The number of carbonyl (C=O) groups is 2. The van der Waals surface area contributed by atoms with Crippen molar-refractivity contribution >= 4 is 11.8 Å². The summed E-state index contributed by atoms with van der Waals surface area (Å²) in [6.07, 6.45) is 1.29. The summed E-state index contributed by atoms with van der Waals surface area (Å²) in [5.74, 6) is -1.24. The summed E-state index contributed by atoms with van der Waals surface area (Å²) in [5, 5.41) is 8.40. The number of ketones is 1. The summed E-state index contributed by atoms with van der Waals surface area (Å²) >= 11 is 0. The minimum Gasteiger partial charge on any atom is -0.493 e. The number of benzene rings is 1. The maximum absolute atomic E-state index is 10.8. The van der Waals surface area contributed by atoms with Gasteiger partial charge in [0.2, 0.25) is 5.78 Å². The topological polar surface area (TPSA) is 63.6 Å². The number of aryl methyl sites for hydroxylation is 2. The van der Waals surface area contributed by atoms with Crippen molar-refractivity contribution in [1.82, 2.24) is 0 Å². The molecule has 18 heavy (non-hydrogen) atoms. The molecule has 0 saturated carbocycles. The second-order valence-electron chi connectivity index (χ2n) is 4.30. The van der Waals surface area contributed by atoms with Crippen LogP contribution in [0.4, 0.5) is 0 Å². The second kappa shape index (κ2) is 6.79. The third kappa shape index (κ3) is 4.57. The number of carboxylic acids is 1. The molecule has 0 heterocycles. The van der Waals surface area contributed by atoms with E-state index >= 15 is 0 Å². The van der Waals surface area contributed by atoms with Gasteiger partial charge in [0, 0.05) is 6.42 Å². The molecule has 1 aromatic carbocycles. The molecule has 0 saturated heterocycles. The van der Waals surface area contributed by atoms with E-state index in [9.17, 15) is 9.59 Å². The zero-order chi connectivity index (χ0) is 13.5. The van der Waals surface area contributed by atoms with Gasteiger partial charge in [-0.05, 0) is 43.9 Å². The Kier molecular flexibility index (Phi) is 5.36. The van der Waals surface area contributed by atoms with E-state index in [1.54, 1.807) is 0 Å². The number of aliphatic carboxylic acids is 1. The van der Waals surface area contributed by atoms with Gasteiger partial charge < -0.3 is 9.84 Å². The fourth-order valence-electron chi connectivity index (χ4n) is 1.54. The monoisotopic (exact) mass is 250 g/mol. The van der Waals surface area contributed by atoms with Crippen LogP contribution < -0.4 is 4.74 Å². The number of unbranched alkanes of at least 4 members (excludes halogenated alkanes) is 1. The number of ether oxygens (including phenoxy) is 1. The summed E-state index contributed by atoms with van der Waals surface area (Å²) in [6, 6.07) is 5.99. The van der Waals surface area contributed by atoms with Crippen LogP contribution in [0.5, 0.6) is 5.75 Å². The predicted octanol–water partition coefficient (Wildman–Crippen LogP) is 2.51. The van der Waals surface area contributed by atoms with E-state index in [2.05, 4.69) is 0 Å². The highest BCUT2D eigenvalue weighted by Gasteiger charge is 2.10. The van der Waals surface area contributed by atoms with Crippen LogP contribution in [0.3, 0.4) is 0 Å². The SMILES string of the molecule is Cc1ccc(C)c(OCCCCC(=O)C(=O)O)c1. The van der Waals surface area contributed by atoms with Crippen LogP contribution in [-0.2, 0) is 9.59 Å². The van der Waals surface area contributed by atoms with Gasteiger partial charge in [0.15, 0.2) is 0 Å². The van der Waals surface area contributed by atoms with Crippen LogP contribution in [0.15, 0.2) is 18.2 Å². The molecule has 0 unspecified atom stereocenters. The van der Waals surface area contributed by atoms with Gasteiger partial charge >= 0.3 is 5.97 Å². The van der Waals surface area contributed by atoms with Gasteiger partial charge in [-0.15, -0.1) is 0 Å². The molecule has 0 fully saturated rings. The van der Waals surface area contributed by atoms with Gasteiger partial charge in [0.05, 0.1) is 6.61 Å². The molecule has 0 spiro atoms. The quantitative estimate of drug-likeness (QED) is 0.596. The lowest BCUT2D eigenvalue weighted by molar-refractivity contribution is -0.149. The molecule has 0 aliphatic rings. The van der Waals surface area contributed by atoms with E-state index in [1.165, 1.54) is 0 Å². The van der Waals surface area contributed by atoms with Crippen molar-refractivity contribution in [2.75, 3.05) is 6.61 Å². The molecule has 0 bridgehead atoms. The Hall–Kier alpha value is -1.84. The zero-order valence-corrected chi connectivity index (χ0v) is 10.7. The third-order valence-corrected chi connectivity index (χ3v) is 2.64. The van der Waals surface area contributed by atoms with Gasteiger partial charge in [-0.2, -0.15) is 0 Å². The second-order valence-corrected chi connectivity index (χ2v) is 4.30. The Bertz CT molecular complexity index is 437. The van der Waals surface area contributed by atoms with Crippen LogP contribution in [0.25, 0.3) is 0 Å². The molecule has 0 aromatic heterocycles. The number of carboxylic acid groups (broad SMARTS) is 1. The van der Waals surface area contributed by atoms with E-state index < -0.39 is 11.8 Å². The highest BCUT2D eigenvalue weighted by atomic mass is 16.5. The molecule has 1 N–H and O–H groups in total. The predicted molar refractivity (Wildman–Crippen MR) is 67.9 cm³/mol. The Morgan fingerprint density at radius 2 is 1.94 bits per heavy atom. The van der Waals surface area contributed by atoms with Gasteiger partial charge in [0.1, 0.15) is 5.75 Å². The van der Waals surface area contributed by atoms with Crippen LogP contribution in [0.2, 0.25) is 0 Å². The van der Waals surface area contributed by atoms with Crippen LogP contribution in [0.1, 0.15) is 30.4 Å². The average molecular weight is 250 g/mol. The summed E-state index contributed by atoms with van der Waals surface area (Å²) in [5.41, 5.74) is 2.21. The van der Waals surface area contributed by atoms with Crippen molar-refractivity contribution in [3.8, 4) is 5.75 Å². The number of Topliss-reactive ketones (excluding diaryl/α,β-unsaturated/α-hetero) is 1. The summed E-state index contributed by atoms with van der Waals surface area (Å²) < 4.78 is 5.60. The molecular weight excluding hydrogens is 232 g/mol. The van der Waals surface area contributed by atoms with Crippen molar-refractivity contribution in [2.24, 2.45) is 0 Å². The Morgan fingerprint density at radius 3 is 2.61 bits per heavy atom. The van der Waals surface area contributed by atoms with E-state index in [0.717, 1.165) is 16.9 Å². The maximum atomic E-state index is 10.8. The van der Waals surface area contributed by atoms with E-state index in [0.29, 0.717) is 19.4 Å². The first-order valence-electron chi connectivity index (χ1n) is 5.97. The van der Waals surface area contributed by atoms with Crippen LogP contribution >= 0.6 is 0 Å². The summed E-state index contributed by atoms with van der Waals surface area (Å²) in [4.78, 5) is 21.1. The first-order valence-corrected chi connectivity index (χ1v) is 5.97. The lowest BCUT2D eigenvalue weighted by Crippen LogP contribution is -2.12. The lowest BCUT2D eigenvalue weighted by Gasteiger charge is -2.09. The Morgan fingerprint density at radius 1 is 1.22 bits per heavy atom. The van der Waals surface area contributed by atoms with Gasteiger partial charge in [-0.3, -0.25) is 4.79 Å². The number of carbonyl (C=O) groups excluding carboxylic acids is 1. The van der Waals surface area contributed by atoms with Gasteiger partial charge in [-0.25, -0.2) is 4.79 Å². The molecule has 0 radical (unpaired) electrons. The Labute approximate surface area is 107 Å². The molecular formula is C14H18O4. The number of rotatable bonds is 7. The van der Waals surface area contributed by atoms with Crippen molar-refractivity contribution < 1.29 is 19.4 Å². The highest BCUT2D eigenvalue weighted by Crippen LogP contribution is 2.19. The molecule has 1 aromatic rings. The van der Waals surface area contributed by atoms with Gasteiger partial charge in [0.25, 0.3) is 0 Å². The standard InChI is InChI=1S/C14H18O4/c1-10-6-7-11(2)13(9-10)18-8-4-3-5-12(15)14(16)17/h6-7,9H,3-5,8H2,1-2H3,(H,16,17). The van der Waals surface area contributed by atoms with E-state index in [4.69, 9.17) is 9.84 Å². The third-order valence-electron chi connectivity index (χ3n) is 2.64. The van der Waals surface area contributed by atoms with Crippen LogP contribution in [0, 0.1) is 13.8 Å². The Balaban J connectivity index is 2.28. The average Bonchev–Trinajstić information content (AvgIpc) is 2.32. The molecule has 98 valence electrons. The number of hydrogen-bond acceptors (Lipinski definition) is 3. The smallest absolute Gasteiger partial charge is 0.372 e. The molecule has 4 nitrogen and oxygen atoms in total. The highest BCUT2D eigenvalue weighted by molar-refractivity contribution is 6.32. The lowest BCUT2D eigenvalue weighted by atomic mass is 10.1. The van der Waals surface area contributed by atoms with Crippen molar-refractivity contribution in [2.45, 2.75) is 33.1 Å². The summed E-state index contributed by atoms with van der Waals surface area (Å²) in [7, 11) is 0. The van der Waals surface area contributed by atoms with E-state index in [1.807, 2.05) is 32.0 Å². The normalized spacial score (nSPS) is 10.1. The molecule has 0 aliphatic heterocycles. The first kappa shape index (κ1) is 14.2. The number of hydrogen-bond donors (Lipinski definition) is 1. The molecule has 0 atom stereocenters. The van der Waals surface area contributed by atoms with E-state index in [-0.39, 0.29) is 6.42 Å². The molecule has 0 amide bonds. The van der Waals surface area contributed by atoms with Crippen LogP contribution in [-0.4, -0.2) is 23.5 Å². The van der Waals surface area contributed by atoms with Gasteiger partial charge in [-0.1, -0.05) is 12.1 Å². The molecule has 0 aliphatic carbocycles. The van der Waals surface area contributed by atoms with Crippen molar-refractivity contribution in [3.05, 3.63) is 29.3 Å². The first-order chi connectivity index (χ1) is 8.50. The summed E-state index contributed by atoms with van der Waals surface area (Å²) in [6.45, 7) is 4.47. The zero-order valence-electron chi connectivity index (χ0n) is 10.7. The van der Waals surface area contributed by atoms with Crippen molar-refractivity contribution in [1.29, 1.82) is 0 Å². The maximum Gasteiger partial charge on any atom is 0.372 e. The van der Waals surface area contributed by atoms with Crippen molar-refractivity contribution in [3.63, 3.8) is 0 Å². The largest absolute Gasteiger partial charge is 0.493 e. The fourth-order valence-corrected chi connectivity index (χ4v) is 1.54. The molecule has 4 heteroatoms. The minimum atomic E-state index is -1.36. The fraction of sp³-hybridized carbons (Fsp3) is 0.429. The minimum absolute atomic E-state index is 0.0749. The molecule has 1 rings (SSSR count).